The first-order valence-corrected chi connectivity index (χ1v) is 5.98. The largest absolute Gasteiger partial charge is 0.161 e. The van der Waals surface area contributed by atoms with Gasteiger partial charge in [0.25, 0.3) is 0 Å². The highest BCUT2D eigenvalue weighted by Crippen LogP contribution is 2.57. The van der Waals surface area contributed by atoms with Crippen LogP contribution >= 0.6 is 11.8 Å². The number of hydrogen-bond donors (Lipinski definition) is 0. The van der Waals surface area contributed by atoms with Crippen molar-refractivity contribution in [2.45, 2.75) is 33.1 Å². The van der Waals surface area contributed by atoms with Crippen LogP contribution in [0.3, 0.4) is 0 Å². The lowest BCUT2D eigenvalue weighted by atomic mass is 9.56. The summed E-state index contributed by atoms with van der Waals surface area (Å²) in [6, 6.07) is 0. The second-order valence-electron chi connectivity index (χ2n) is 4.55. The molecule has 0 radical (unpaired) electrons. The van der Waals surface area contributed by atoms with Gasteiger partial charge in [-0.1, -0.05) is 13.8 Å². The molecule has 64 valence electrons. The Kier molecular flexibility index (Phi) is 1.95. The van der Waals surface area contributed by atoms with Crippen molar-refractivity contribution in [2.75, 3.05) is 11.5 Å². The van der Waals surface area contributed by atoms with Gasteiger partial charge in [0.2, 0.25) is 0 Å². The van der Waals surface area contributed by atoms with Gasteiger partial charge in [0.1, 0.15) is 0 Å². The molecular weight excluding hydrogens is 152 g/mol. The third kappa shape index (κ3) is 1.12. The standard InChI is InChI=1S/C10H18S/c1-8(2)9-3-4-10(9)5-6-11-7-10/h8-9H,3-7H2,1-2H3. The molecule has 2 fully saturated rings. The average molecular weight is 170 g/mol. The van der Waals surface area contributed by atoms with E-state index in [4.69, 9.17) is 0 Å². The molecule has 1 heteroatoms. The van der Waals surface area contributed by atoms with Crippen LogP contribution in [0.5, 0.6) is 0 Å². The summed E-state index contributed by atoms with van der Waals surface area (Å²) in [5.41, 5.74) is 0.818. The van der Waals surface area contributed by atoms with E-state index in [-0.39, 0.29) is 0 Å². The van der Waals surface area contributed by atoms with Gasteiger partial charge in [-0.2, -0.15) is 11.8 Å². The van der Waals surface area contributed by atoms with Crippen LogP contribution < -0.4 is 0 Å². The molecule has 2 aliphatic rings. The summed E-state index contributed by atoms with van der Waals surface area (Å²) in [4.78, 5) is 0. The maximum Gasteiger partial charge on any atom is -0.000775 e. The van der Waals surface area contributed by atoms with E-state index in [1.165, 1.54) is 30.8 Å². The van der Waals surface area contributed by atoms with Gasteiger partial charge in [-0.15, -0.1) is 0 Å². The van der Waals surface area contributed by atoms with Crippen molar-refractivity contribution in [1.29, 1.82) is 0 Å². The van der Waals surface area contributed by atoms with E-state index in [0.29, 0.717) is 0 Å². The summed E-state index contributed by atoms with van der Waals surface area (Å²) in [5, 5.41) is 0. The molecule has 2 atom stereocenters. The normalized spacial score (nSPS) is 43.4. The van der Waals surface area contributed by atoms with Crippen LogP contribution in [0.1, 0.15) is 33.1 Å². The second-order valence-corrected chi connectivity index (χ2v) is 5.66. The molecule has 2 rings (SSSR count). The van der Waals surface area contributed by atoms with Crippen molar-refractivity contribution in [2.24, 2.45) is 17.3 Å². The lowest BCUT2D eigenvalue weighted by molar-refractivity contribution is 0.0219. The van der Waals surface area contributed by atoms with E-state index in [1.807, 2.05) is 0 Å². The summed E-state index contributed by atoms with van der Waals surface area (Å²) in [6.45, 7) is 4.79. The maximum absolute atomic E-state index is 2.40. The summed E-state index contributed by atoms with van der Waals surface area (Å²) in [6.07, 6.45) is 4.56. The van der Waals surface area contributed by atoms with Gasteiger partial charge in [-0.3, -0.25) is 0 Å². The van der Waals surface area contributed by atoms with Crippen LogP contribution in [0.4, 0.5) is 0 Å². The maximum atomic E-state index is 2.40. The molecule has 0 nitrogen and oxygen atoms in total. The molecule has 2 unspecified atom stereocenters. The van der Waals surface area contributed by atoms with Gasteiger partial charge in [0.05, 0.1) is 0 Å². The fourth-order valence-corrected chi connectivity index (χ4v) is 4.48. The van der Waals surface area contributed by atoms with Gasteiger partial charge in [0.15, 0.2) is 0 Å². The Morgan fingerprint density at radius 2 is 2.18 bits per heavy atom. The van der Waals surface area contributed by atoms with Crippen molar-refractivity contribution >= 4 is 11.8 Å². The van der Waals surface area contributed by atoms with Crippen molar-refractivity contribution in [3.05, 3.63) is 0 Å². The lowest BCUT2D eigenvalue weighted by Crippen LogP contribution is -2.43. The molecule has 0 aromatic carbocycles. The first-order valence-electron chi connectivity index (χ1n) is 4.82. The Morgan fingerprint density at radius 1 is 1.36 bits per heavy atom. The zero-order chi connectivity index (χ0) is 7.90. The van der Waals surface area contributed by atoms with Crippen molar-refractivity contribution in [3.8, 4) is 0 Å². The van der Waals surface area contributed by atoms with Crippen molar-refractivity contribution < 1.29 is 0 Å². The molecule has 1 heterocycles. The highest BCUT2D eigenvalue weighted by Gasteiger charge is 2.49. The van der Waals surface area contributed by atoms with Gasteiger partial charge < -0.3 is 0 Å². The molecule has 1 aliphatic carbocycles. The Bertz CT molecular complexity index is 145. The quantitative estimate of drug-likeness (QED) is 0.582. The van der Waals surface area contributed by atoms with E-state index in [2.05, 4.69) is 25.6 Å². The lowest BCUT2D eigenvalue weighted by Gasteiger charge is -2.49. The Morgan fingerprint density at radius 3 is 2.55 bits per heavy atom. The third-order valence-electron chi connectivity index (χ3n) is 3.68. The highest BCUT2D eigenvalue weighted by molar-refractivity contribution is 7.99. The van der Waals surface area contributed by atoms with Gasteiger partial charge in [-0.25, -0.2) is 0 Å². The fraction of sp³-hybridized carbons (Fsp3) is 1.00. The van der Waals surface area contributed by atoms with E-state index in [0.717, 1.165) is 17.3 Å². The molecule has 1 saturated carbocycles. The van der Waals surface area contributed by atoms with Gasteiger partial charge >= 0.3 is 0 Å². The van der Waals surface area contributed by atoms with Crippen LogP contribution in [0.2, 0.25) is 0 Å². The predicted octanol–water partition coefficient (Wildman–Crippen LogP) is 3.18. The smallest absolute Gasteiger partial charge is 0.000775 e. The molecule has 0 N–H and O–H groups in total. The first-order chi connectivity index (χ1) is 5.25. The van der Waals surface area contributed by atoms with Crippen molar-refractivity contribution in [1.82, 2.24) is 0 Å². The topological polar surface area (TPSA) is 0 Å². The number of hydrogen-bond acceptors (Lipinski definition) is 1. The predicted molar refractivity (Wildman–Crippen MR) is 51.9 cm³/mol. The summed E-state index contributed by atoms with van der Waals surface area (Å²) in [7, 11) is 0. The minimum absolute atomic E-state index is 0.818. The molecular formula is C10H18S. The molecule has 11 heavy (non-hydrogen) atoms. The van der Waals surface area contributed by atoms with E-state index >= 15 is 0 Å². The van der Waals surface area contributed by atoms with Crippen LogP contribution in [0, 0.1) is 17.3 Å². The summed E-state index contributed by atoms with van der Waals surface area (Å²) < 4.78 is 0. The van der Waals surface area contributed by atoms with Gasteiger partial charge in [0, 0.05) is 0 Å². The third-order valence-corrected chi connectivity index (χ3v) is 4.95. The zero-order valence-electron chi connectivity index (χ0n) is 7.60. The van der Waals surface area contributed by atoms with Crippen LogP contribution in [0.25, 0.3) is 0 Å². The molecule has 0 aromatic heterocycles. The van der Waals surface area contributed by atoms with E-state index < -0.39 is 0 Å². The molecule has 1 spiro atoms. The number of rotatable bonds is 1. The Labute approximate surface area is 74.1 Å². The SMILES string of the molecule is CC(C)C1CCC12CCSC2. The van der Waals surface area contributed by atoms with E-state index in [9.17, 15) is 0 Å². The monoisotopic (exact) mass is 170 g/mol. The minimum atomic E-state index is 0.818. The Balaban J connectivity index is 2.03. The Hall–Kier alpha value is 0.350. The molecule has 1 saturated heterocycles. The molecule has 0 aromatic rings. The van der Waals surface area contributed by atoms with E-state index in [1.54, 1.807) is 0 Å². The molecule has 0 bridgehead atoms. The van der Waals surface area contributed by atoms with Crippen LogP contribution in [-0.4, -0.2) is 11.5 Å². The minimum Gasteiger partial charge on any atom is -0.161 e. The molecule has 0 amide bonds. The summed E-state index contributed by atoms with van der Waals surface area (Å²) >= 11 is 2.18. The van der Waals surface area contributed by atoms with Crippen LogP contribution in [-0.2, 0) is 0 Å². The second kappa shape index (κ2) is 2.69. The van der Waals surface area contributed by atoms with Gasteiger partial charge in [-0.05, 0) is 48.0 Å². The average Bonchev–Trinajstić information content (AvgIpc) is 2.31. The van der Waals surface area contributed by atoms with Crippen LogP contribution in [0.15, 0.2) is 0 Å². The number of thioether (sulfide) groups is 1. The fourth-order valence-electron chi connectivity index (χ4n) is 2.87. The zero-order valence-corrected chi connectivity index (χ0v) is 8.41. The van der Waals surface area contributed by atoms with Crippen molar-refractivity contribution in [3.63, 3.8) is 0 Å². The molecule has 1 aliphatic heterocycles. The highest BCUT2D eigenvalue weighted by atomic mass is 32.2. The first kappa shape index (κ1) is 7.97. The summed E-state index contributed by atoms with van der Waals surface area (Å²) in [5.74, 6) is 4.90.